The molecule has 78 valence electrons. The third kappa shape index (κ3) is 2.13. The Morgan fingerprint density at radius 2 is 2.27 bits per heavy atom. The van der Waals surface area contributed by atoms with Gasteiger partial charge in [0.25, 0.3) is 0 Å². The summed E-state index contributed by atoms with van der Waals surface area (Å²) in [6.07, 6.45) is 5.36. The smallest absolute Gasteiger partial charge is 0.137 e. The number of halogens is 1. The molecule has 0 aliphatic heterocycles. The molecule has 0 spiro atoms. The molecule has 0 atom stereocenters. The number of phenolic OH excluding ortho intramolecular Hbond substituents is 1. The van der Waals surface area contributed by atoms with E-state index in [1.54, 1.807) is 18.6 Å². The zero-order valence-electron chi connectivity index (χ0n) is 8.31. The van der Waals surface area contributed by atoms with Gasteiger partial charge in [-0.05, 0) is 24.1 Å². The van der Waals surface area contributed by atoms with Crippen molar-refractivity contribution < 1.29 is 5.11 Å². The summed E-state index contributed by atoms with van der Waals surface area (Å²) in [7, 11) is 0. The molecule has 0 saturated heterocycles. The molecule has 0 radical (unpaired) electrons. The fourth-order valence-corrected chi connectivity index (χ4v) is 1.78. The van der Waals surface area contributed by atoms with Crippen LogP contribution < -0.4 is 0 Å². The van der Waals surface area contributed by atoms with Crippen LogP contribution in [0.5, 0.6) is 5.75 Å². The van der Waals surface area contributed by atoms with E-state index in [4.69, 9.17) is 11.6 Å². The van der Waals surface area contributed by atoms with Gasteiger partial charge in [0.15, 0.2) is 0 Å². The summed E-state index contributed by atoms with van der Waals surface area (Å²) in [6.45, 7) is 2.54. The molecule has 2 aromatic rings. The third-order valence-corrected chi connectivity index (χ3v) is 2.53. The Morgan fingerprint density at radius 3 is 2.87 bits per heavy atom. The predicted molar refractivity (Wildman–Crippen MR) is 59.2 cm³/mol. The van der Waals surface area contributed by atoms with Gasteiger partial charge in [-0.1, -0.05) is 17.7 Å². The summed E-state index contributed by atoms with van der Waals surface area (Å²) in [5, 5.41) is 9.90. The highest BCUT2D eigenvalue weighted by Gasteiger charge is 2.05. The molecule has 2 rings (SSSR count). The first-order valence-electron chi connectivity index (χ1n) is 4.60. The Labute approximate surface area is 93.0 Å². The van der Waals surface area contributed by atoms with E-state index >= 15 is 0 Å². The van der Waals surface area contributed by atoms with Crippen molar-refractivity contribution >= 4 is 11.6 Å². The van der Waals surface area contributed by atoms with Crippen LogP contribution in [-0.4, -0.2) is 14.7 Å². The van der Waals surface area contributed by atoms with Crippen molar-refractivity contribution in [2.24, 2.45) is 0 Å². The van der Waals surface area contributed by atoms with Crippen molar-refractivity contribution in [3.8, 4) is 5.75 Å². The first kappa shape index (κ1) is 10.1. The molecule has 0 fully saturated rings. The van der Waals surface area contributed by atoms with E-state index in [0.717, 1.165) is 11.1 Å². The van der Waals surface area contributed by atoms with Gasteiger partial charge in [0, 0.05) is 18.9 Å². The summed E-state index contributed by atoms with van der Waals surface area (Å²) in [5.74, 6) is 0.158. The van der Waals surface area contributed by atoms with Crippen LogP contribution in [0, 0.1) is 6.92 Å². The fraction of sp³-hybridized carbons (Fsp3) is 0.182. The molecular formula is C11H11ClN2O. The van der Waals surface area contributed by atoms with E-state index in [1.165, 1.54) is 0 Å². The van der Waals surface area contributed by atoms with E-state index in [1.807, 2.05) is 23.8 Å². The molecule has 0 unspecified atom stereocenters. The van der Waals surface area contributed by atoms with Crippen molar-refractivity contribution in [1.29, 1.82) is 0 Å². The van der Waals surface area contributed by atoms with E-state index in [0.29, 0.717) is 11.6 Å². The van der Waals surface area contributed by atoms with Crippen LogP contribution in [0.25, 0.3) is 0 Å². The van der Waals surface area contributed by atoms with Gasteiger partial charge in [0.2, 0.25) is 0 Å². The van der Waals surface area contributed by atoms with Gasteiger partial charge >= 0.3 is 0 Å². The maximum Gasteiger partial charge on any atom is 0.137 e. The first-order valence-corrected chi connectivity index (χ1v) is 4.98. The van der Waals surface area contributed by atoms with Gasteiger partial charge in [-0.25, -0.2) is 4.98 Å². The fourth-order valence-electron chi connectivity index (χ4n) is 1.49. The molecule has 0 aliphatic rings. The number of aromatic hydroxyl groups is 1. The van der Waals surface area contributed by atoms with Gasteiger partial charge < -0.3 is 9.67 Å². The van der Waals surface area contributed by atoms with Crippen LogP contribution in [0.4, 0.5) is 0 Å². The minimum atomic E-state index is 0.158. The highest BCUT2D eigenvalue weighted by molar-refractivity contribution is 6.32. The molecule has 0 aliphatic carbocycles. The number of nitrogens with zero attached hydrogens (tertiary/aromatic N) is 2. The second-order valence-electron chi connectivity index (χ2n) is 3.48. The number of phenols is 1. The van der Waals surface area contributed by atoms with Crippen LogP contribution in [0.3, 0.4) is 0 Å². The van der Waals surface area contributed by atoms with Crippen molar-refractivity contribution in [3.05, 3.63) is 47.0 Å². The molecule has 1 aromatic heterocycles. The molecule has 1 heterocycles. The van der Waals surface area contributed by atoms with Gasteiger partial charge in [0.1, 0.15) is 5.75 Å². The van der Waals surface area contributed by atoms with Gasteiger partial charge in [-0.2, -0.15) is 0 Å². The predicted octanol–water partition coefficient (Wildman–Crippen LogP) is 2.60. The summed E-state index contributed by atoms with van der Waals surface area (Å²) in [4.78, 5) is 3.96. The third-order valence-electron chi connectivity index (χ3n) is 2.24. The summed E-state index contributed by atoms with van der Waals surface area (Å²) in [6, 6.07) is 3.69. The summed E-state index contributed by atoms with van der Waals surface area (Å²) in [5.41, 5.74) is 1.84. The molecule has 15 heavy (non-hydrogen) atoms. The van der Waals surface area contributed by atoms with Gasteiger partial charge in [0.05, 0.1) is 11.3 Å². The lowest BCUT2D eigenvalue weighted by Gasteiger charge is -2.07. The minimum Gasteiger partial charge on any atom is -0.506 e. The van der Waals surface area contributed by atoms with Crippen molar-refractivity contribution in [2.45, 2.75) is 13.5 Å². The van der Waals surface area contributed by atoms with Crippen LogP contribution in [-0.2, 0) is 6.54 Å². The van der Waals surface area contributed by atoms with Crippen LogP contribution in [0.2, 0.25) is 5.02 Å². The SMILES string of the molecule is Cc1cc(Cn2ccnc2)cc(Cl)c1O. The molecule has 1 aromatic carbocycles. The van der Waals surface area contributed by atoms with Crippen LogP contribution >= 0.6 is 11.6 Å². The second-order valence-corrected chi connectivity index (χ2v) is 3.89. The molecule has 0 saturated carbocycles. The first-order chi connectivity index (χ1) is 7.16. The Bertz CT molecular complexity index is 442. The zero-order valence-corrected chi connectivity index (χ0v) is 9.07. The number of aromatic nitrogens is 2. The van der Waals surface area contributed by atoms with Crippen LogP contribution in [0.1, 0.15) is 11.1 Å². The Kier molecular flexibility index (Phi) is 2.64. The number of hydrogen-bond acceptors (Lipinski definition) is 2. The molecule has 1 N–H and O–H groups in total. The number of aryl methyl sites for hydroxylation is 1. The molecule has 0 bridgehead atoms. The van der Waals surface area contributed by atoms with E-state index in [-0.39, 0.29) is 5.75 Å². The molecule has 0 amide bonds. The van der Waals surface area contributed by atoms with Crippen molar-refractivity contribution in [2.75, 3.05) is 0 Å². The van der Waals surface area contributed by atoms with E-state index < -0.39 is 0 Å². The average molecular weight is 223 g/mol. The lowest BCUT2D eigenvalue weighted by molar-refractivity contribution is 0.471. The highest BCUT2D eigenvalue weighted by Crippen LogP contribution is 2.28. The highest BCUT2D eigenvalue weighted by atomic mass is 35.5. The lowest BCUT2D eigenvalue weighted by Crippen LogP contribution is -1.96. The zero-order chi connectivity index (χ0) is 10.8. The van der Waals surface area contributed by atoms with E-state index in [2.05, 4.69) is 4.98 Å². The molecular weight excluding hydrogens is 212 g/mol. The largest absolute Gasteiger partial charge is 0.506 e. The number of benzene rings is 1. The Balaban J connectivity index is 2.30. The quantitative estimate of drug-likeness (QED) is 0.848. The minimum absolute atomic E-state index is 0.158. The van der Waals surface area contributed by atoms with Crippen LogP contribution in [0.15, 0.2) is 30.9 Å². The van der Waals surface area contributed by atoms with Crippen molar-refractivity contribution in [1.82, 2.24) is 9.55 Å². The van der Waals surface area contributed by atoms with Gasteiger partial charge in [-0.15, -0.1) is 0 Å². The standard InChI is InChI=1S/C11H11ClN2O/c1-8-4-9(5-10(12)11(8)15)6-14-3-2-13-7-14/h2-5,7,15H,6H2,1H3. The number of hydrogen-bond donors (Lipinski definition) is 1. The number of rotatable bonds is 2. The monoisotopic (exact) mass is 222 g/mol. The maximum atomic E-state index is 9.51. The maximum absolute atomic E-state index is 9.51. The summed E-state index contributed by atoms with van der Waals surface area (Å²) >= 11 is 5.88. The average Bonchev–Trinajstić information content (AvgIpc) is 2.66. The number of imidazole rings is 1. The topological polar surface area (TPSA) is 38.0 Å². The molecule has 4 heteroatoms. The Hall–Kier alpha value is -1.48. The second kappa shape index (κ2) is 3.95. The normalized spacial score (nSPS) is 10.5. The van der Waals surface area contributed by atoms with Crippen molar-refractivity contribution in [3.63, 3.8) is 0 Å². The summed E-state index contributed by atoms with van der Waals surface area (Å²) < 4.78 is 1.95. The van der Waals surface area contributed by atoms with E-state index in [9.17, 15) is 5.11 Å². The Morgan fingerprint density at radius 1 is 1.47 bits per heavy atom. The lowest BCUT2D eigenvalue weighted by atomic mass is 10.1. The van der Waals surface area contributed by atoms with Gasteiger partial charge in [-0.3, -0.25) is 0 Å². The molecule has 3 nitrogen and oxygen atoms in total.